The highest BCUT2D eigenvalue weighted by Gasteiger charge is 2.29. The van der Waals surface area contributed by atoms with E-state index in [9.17, 15) is 4.39 Å². The third-order valence-corrected chi connectivity index (χ3v) is 3.22. The largest absolute Gasteiger partial charge is 0.373 e. The van der Waals surface area contributed by atoms with Gasteiger partial charge in [0.25, 0.3) is 0 Å². The molecule has 18 heavy (non-hydrogen) atoms. The van der Waals surface area contributed by atoms with Gasteiger partial charge in [-0.05, 0) is 31.9 Å². The van der Waals surface area contributed by atoms with E-state index in [1.807, 2.05) is 0 Å². The van der Waals surface area contributed by atoms with Crippen LogP contribution in [0.3, 0.4) is 0 Å². The first-order chi connectivity index (χ1) is 8.65. The second-order valence-electron chi connectivity index (χ2n) is 4.84. The Balaban J connectivity index is 1.74. The van der Waals surface area contributed by atoms with Gasteiger partial charge in [0.1, 0.15) is 5.82 Å². The summed E-state index contributed by atoms with van der Waals surface area (Å²) < 4.78 is 20.1. The van der Waals surface area contributed by atoms with E-state index in [-0.39, 0.29) is 11.4 Å². The molecule has 1 N–H and O–H groups in total. The predicted molar refractivity (Wildman–Crippen MR) is 65.0 cm³/mol. The number of hydrogen-bond donors (Lipinski definition) is 1. The first-order valence-corrected chi connectivity index (χ1v) is 6.04. The average Bonchev–Trinajstić information content (AvgIpc) is 2.93. The maximum atomic E-state index is 13.0. The van der Waals surface area contributed by atoms with E-state index in [0.717, 1.165) is 19.4 Å². The van der Waals surface area contributed by atoms with Gasteiger partial charge in [-0.25, -0.2) is 8.91 Å². The minimum Gasteiger partial charge on any atom is -0.373 e. The highest BCUT2D eigenvalue weighted by Crippen LogP contribution is 2.24. The molecule has 5 nitrogen and oxygen atoms in total. The molecule has 0 spiro atoms. The zero-order chi connectivity index (χ0) is 12.6. The molecule has 0 amide bonds. The van der Waals surface area contributed by atoms with Crippen molar-refractivity contribution in [3.05, 3.63) is 24.1 Å². The summed E-state index contributed by atoms with van der Waals surface area (Å²) in [5, 5.41) is 7.31. The molecule has 0 saturated carbocycles. The van der Waals surface area contributed by atoms with Crippen LogP contribution in [0.15, 0.2) is 18.3 Å². The lowest BCUT2D eigenvalue weighted by Crippen LogP contribution is -2.32. The molecule has 2 aromatic rings. The van der Waals surface area contributed by atoms with Crippen molar-refractivity contribution in [1.82, 2.24) is 14.6 Å². The van der Waals surface area contributed by atoms with E-state index in [1.165, 1.54) is 16.8 Å². The third-order valence-electron chi connectivity index (χ3n) is 3.22. The Morgan fingerprint density at radius 3 is 3.22 bits per heavy atom. The zero-order valence-corrected chi connectivity index (χ0v) is 10.2. The Hall–Kier alpha value is -1.69. The van der Waals surface area contributed by atoms with Crippen molar-refractivity contribution in [3.63, 3.8) is 0 Å². The fourth-order valence-electron chi connectivity index (χ4n) is 2.18. The highest BCUT2D eigenvalue weighted by molar-refractivity contribution is 5.43. The molecular weight excluding hydrogens is 235 g/mol. The number of fused-ring (bicyclic) bond motifs is 1. The molecule has 0 aromatic carbocycles. The molecule has 0 aliphatic carbocycles. The van der Waals surface area contributed by atoms with E-state index in [0.29, 0.717) is 18.1 Å². The topological polar surface area (TPSA) is 51.5 Å². The molecule has 0 bridgehead atoms. The molecule has 0 radical (unpaired) electrons. The Kier molecular flexibility index (Phi) is 2.66. The number of ether oxygens (including phenoxy) is 1. The van der Waals surface area contributed by atoms with Gasteiger partial charge in [0.05, 0.1) is 11.8 Å². The van der Waals surface area contributed by atoms with Gasteiger partial charge in [0, 0.05) is 13.2 Å². The number of aromatic nitrogens is 3. The number of halogens is 1. The smallest absolute Gasteiger partial charge is 0.243 e. The fraction of sp³-hybridized carbons (Fsp3) is 0.500. The zero-order valence-electron chi connectivity index (χ0n) is 10.2. The third kappa shape index (κ3) is 2.15. The minimum absolute atomic E-state index is 0.150. The van der Waals surface area contributed by atoms with Gasteiger partial charge in [0.2, 0.25) is 5.95 Å². The van der Waals surface area contributed by atoms with E-state index >= 15 is 0 Å². The number of pyridine rings is 1. The lowest BCUT2D eigenvalue weighted by Gasteiger charge is -2.22. The van der Waals surface area contributed by atoms with Gasteiger partial charge < -0.3 is 10.1 Å². The Morgan fingerprint density at radius 1 is 1.56 bits per heavy atom. The molecule has 6 heteroatoms. The maximum absolute atomic E-state index is 13.0. The van der Waals surface area contributed by atoms with Crippen molar-refractivity contribution in [2.24, 2.45) is 0 Å². The summed E-state index contributed by atoms with van der Waals surface area (Å²) in [6.07, 6.45) is 3.42. The maximum Gasteiger partial charge on any atom is 0.243 e. The summed E-state index contributed by atoms with van der Waals surface area (Å²) in [7, 11) is 0. The van der Waals surface area contributed by atoms with E-state index < -0.39 is 0 Å². The van der Waals surface area contributed by atoms with Gasteiger partial charge in [0.15, 0.2) is 5.65 Å². The van der Waals surface area contributed by atoms with Gasteiger partial charge >= 0.3 is 0 Å². The van der Waals surface area contributed by atoms with Gasteiger partial charge in [-0.2, -0.15) is 4.98 Å². The van der Waals surface area contributed by atoms with Crippen LogP contribution in [0.25, 0.3) is 5.65 Å². The highest BCUT2D eigenvalue weighted by atomic mass is 19.1. The summed E-state index contributed by atoms with van der Waals surface area (Å²) in [4.78, 5) is 4.26. The van der Waals surface area contributed by atoms with Gasteiger partial charge in [-0.3, -0.25) is 0 Å². The van der Waals surface area contributed by atoms with Crippen LogP contribution in [-0.2, 0) is 4.74 Å². The molecule has 1 atom stereocenters. The quantitative estimate of drug-likeness (QED) is 0.903. The molecule has 3 heterocycles. The first-order valence-electron chi connectivity index (χ1n) is 6.04. The minimum atomic E-state index is -0.329. The van der Waals surface area contributed by atoms with Crippen molar-refractivity contribution >= 4 is 11.6 Å². The molecule has 96 valence electrons. The van der Waals surface area contributed by atoms with Crippen molar-refractivity contribution in [2.45, 2.75) is 25.4 Å². The van der Waals surface area contributed by atoms with E-state index in [2.05, 4.69) is 22.3 Å². The monoisotopic (exact) mass is 250 g/mol. The number of nitrogens with zero attached hydrogens (tertiary/aromatic N) is 3. The van der Waals surface area contributed by atoms with E-state index in [1.54, 1.807) is 6.07 Å². The summed E-state index contributed by atoms with van der Waals surface area (Å²) in [6.45, 7) is 3.54. The predicted octanol–water partition coefficient (Wildman–Crippen LogP) is 1.85. The fourth-order valence-corrected chi connectivity index (χ4v) is 2.18. The lowest BCUT2D eigenvalue weighted by atomic mass is 10.0. The van der Waals surface area contributed by atoms with Crippen LogP contribution in [0.4, 0.5) is 10.3 Å². The SMILES string of the molecule is CC1(CNc2nc3ccc(F)cn3n2)CCCO1. The van der Waals surface area contributed by atoms with Crippen molar-refractivity contribution in [2.75, 3.05) is 18.5 Å². The van der Waals surface area contributed by atoms with Crippen molar-refractivity contribution < 1.29 is 9.13 Å². The summed E-state index contributed by atoms with van der Waals surface area (Å²) in [5.74, 6) is 0.169. The Labute approximate surface area is 104 Å². The number of nitrogens with one attached hydrogen (secondary N) is 1. The van der Waals surface area contributed by atoms with Crippen LogP contribution in [-0.4, -0.2) is 33.4 Å². The van der Waals surface area contributed by atoms with Crippen LogP contribution in [0.1, 0.15) is 19.8 Å². The summed E-state index contributed by atoms with van der Waals surface area (Å²) in [6, 6.07) is 2.97. The lowest BCUT2D eigenvalue weighted by molar-refractivity contribution is 0.0314. The second-order valence-corrected chi connectivity index (χ2v) is 4.84. The van der Waals surface area contributed by atoms with Crippen LogP contribution in [0, 0.1) is 5.82 Å². The van der Waals surface area contributed by atoms with Crippen LogP contribution >= 0.6 is 0 Å². The second kappa shape index (κ2) is 4.20. The molecule has 1 saturated heterocycles. The first kappa shape index (κ1) is 11.4. The molecule has 1 aliphatic rings. The molecule has 3 rings (SSSR count). The standard InChI is InChI=1S/C12H15FN4O/c1-12(5-2-6-18-12)8-14-11-15-10-4-3-9(13)7-17(10)16-11/h3-4,7H,2,5-6,8H2,1H3,(H,14,16). The molecule has 1 fully saturated rings. The van der Waals surface area contributed by atoms with E-state index in [4.69, 9.17) is 4.74 Å². The van der Waals surface area contributed by atoms with Crippen LogP contribution in [0.5, 0.6) is 0 Å². The molecule has 1 aliphatic heterocycles. The molecule has 2 aromatic heterocycles. The van der Waals surface area contributed by atoms with Gasteiger partial charge in [-0.15, -0.1) is 5.10 Å². The normalized spacial score (nSPS) is 23.7. The summed E-state index contributed by atoms with van der Waals surface area (Å²) >= 11 is 0. The van der Waals surface area contributed by atoms with Crippen LogP contribution < -0.4 is 5.32 Å². The molecular formula is C12H15FN4O. The van der Waals surface area contributed by atoms with Crippen molar-refractivity contribution in [1.29, 1.82) is 0 Å². The summed E-state index contributed by atoms with van der Waals surface area (Å²) in [5.41, 5.74) is 0.472. The Morgan fingerprint density at radius 2 is 2.44 bits per heavy atom. The number of anilines is 1. The molecule has 1 unspecified atom stereocenters. The Bertz CT molecular complexity index is 562. The van der Waals surface area contributed by atoms with Gasteiger partial charge in [-0.1, -0.05) is 0 Å². The van der Waals surface area contributed by atoms with Crippen LogP contribution in [0.2, 0.25) is 0 Å². The average molecular weight is 250 g/mol. The number of hydrogen-bond acceptors (Lipinski definition) is 4. The van der Waals surface area contributed by atoms with Crippen molar-refractivity contribution in [3.8, 4) is 0 Å². The number of rotatable bonds is 3.